The summed E-state index contributed by atoms with van der Waals surface area (Å²) in [4.78, 5) is 13.9. The fourth-order valence-corrected chi connectivity index (χ4v) is 2.36. The van der Waals surface area contributed by atoms with Crippen LogP contribution in [0, 0.1) is 12.7 Å². The van der Waals surface area contributed by atoms with Crippen LogP contribution in [0.2, 0.25) is 0 Å². The van der Waals surface area contributed by atoms with Gasteiger partial charge in [0.2, 0.25) is 0 Å². The Kier molecular flexibility index (Phi) is 4.35. The second kappa shape index (κ2) is 5.80. The van der Waals surface area contributed by atoms with Crippen molar-refractivity contribution in [3.63, 3.8) is 0 Å². The lowest BCUT2D eigenvalue weighted by Gasteiger charge is -2.32. The second-order valence-corrected chi connectivity index (χ2v) is 5.03. The summed E-state index contributed by atoms with van der Waals surface area (Å²) in [5.74, 6) is -0.724. The molecule has 5 heteroatoms. The molecule has 0 radical (unpaired) electrons. The standard InChI is InChI=1S/C13H15BrFNO2/c1-9-2-3-12(15)11(6-9)13(17)16-4-5-18-10(7-14)8-16/h2-3,6,10H,4-5,7-8H2,1H3. The minimum Gasteiger partial charge on any atom is -0.374 e. The molecule has 1 aromatic carbocycles. The van der Waals surface area contributed by atoms with Gasteiger partial charge in [0.05, 0.1) is 18.3 Å². The van der Waals surface area contributed by atoms with Gasteiger partial charge in [0.25, 0.3) is 5.91 Å². The van der Waals surface area contributed by atoms with Gasteiger partial charge in [-0.2, -0.15) is 0 Å². The highest BCUT2D eigenvalue weighted by Gasteiger charge is 2.25. The highest BCUT2D eigenvalue weighted by Crippen LogP contribution is 2.16. The SMILES string of the molecule is Cc1ccc(F)c(C(=O)N2CCOC(CBr)C2)c1. The summed E-state index contributed by atoms with van der Waals surface area (Å²) in [6, 6.07) is 4.59. The number of carbonyl (C=O) groups excluding carboxylic acids is 1. The van der Waals surface area contributed by atoms with Crippen LogP contribution in [-0.4, -0.2) is 41.9 Å². The predicted molar refractivity (Wildman–Crippen MR) is 70.6 cm³/mol. The van der Waals surface area contributed by atoms with Gasteiger partial charge in [-0.3, -0.25) is 4.79 Å². The monoisotopic (exact) mass is 315 g/mol. The van der Waals surface area contributed by atoms with E-state index in [1.165, 1.54) is 6.07 Å². The van der Waals surface area contributed by atoms with Crippen LogP contribution in [0.3, 0.4) is 0 Å². The highest BCUT2D eigenvalue weighted by molar-refractivity contribution is 9.09. The smallest absolute Gasteiger partial charge is 0.257 e. The van der Waals surface area contributed by atoms with Crippen molar-refractivity contribution in [2.24, 2.45) is 0 Å². The van der Waals surface area contributed by atoms with Crippen LogP contribution in [0.15, 0.2) is 18.2 Å². The molecule has 1 aliphatic rings. The van der Waals surface area contributed by atoms with Crippen molar-refractivity contribution in [1.29, 1.82) is 0 Å². The molecule has 0 saturated carbocycles. The van der Waals surface area contributed by atoms with E-state index in [0.717, 1.165) is 5.56 Å². The van der Waals surface area contributed by atoms with Crippen LogP contribution in [0.25, 0.3) is 0 Å². The molecule has 3 nitrogen and oxygen atoms in total. The number of amides is 1. The quantitative estimate of drug-likeness (QED) is 0.784. The molecule has 18 heavy (non-hydrogen) atoms. The molecule has 1 fully saturated rings. The molecule has 1 aliphatic heterocycles. The Morgan fingerprint density at radius 2 is 2.39 bits per heavy atom. The van der Waals surface area contributed by atoms with Crippen LogP contribution >= 0.6 is 15.9 Å². The normalized spacial score (nSPS) is 19.9. The van der Waals surface area contributed by atoms with E-state index in [1.807, 2.05) is 6.92 Å². The molecule has 0 spiro atoms. The number of nitrogens with zero attached hydrogens (tertiary/aromatic N) is 1. The molecular weight excluding hydrogens is 301 g/mol. The summed E-state index contributed by atoms with van der Waals surface area (Å²) in [5, 5.41) is 0.674. The van der Waals surface area contributed by atoms with E-state index >= 15 is 0 Å². The minimum atomic E-state index is -0.465. The maximum Gasteiger partial charge on any atom is 0.257 e. The first kappa shape index (κ1) is 13.5. The van der Waals surface area contributed by atoms with Gasteiger partial charge in [-0.1, -0.05) is 27.6 Å². The van der Waals surface area contributed by atoms with E-state index in [0.29, 0.717) is 25.0 Å². The van der Waals surface area contributed by atoms with Crippen LogP contribution < -0.4 is 0 Å². The Hall–Kier alpha value is -0.940. The Labute approximate surface area is 114 Å². The fourth-order valence-electron chi connectivity index (χ4n) is 1.97. The first-order chi connectivity index (χ1) is 8.61. The van der Waals surface area contributed by atoms with E-state index in [1.54, 1.807) is 17.0 Å². The first-order valence-electron chi connectivity index (χ1n) is 5.85. The lowest BCUT2D eigenvalue weighted by Crippen LogP contribution is -2.46. The molecule has 1 amide bonds. The molecular formula is C13H15BrFNO2. The number of benzene rings is 1. The summed E-state index contributed by atoms with van der Waals surface area (Å²) in [6.07, 6.45) is -0.0180. The zero-order valence-corrected chi connectivity index (χ0v) is 11.7. The van der Waals surface area contributed by atoms with Crippen molar-refractivity contribution >= 4 is 21.8 Å². The summed E-state index contributed by atoms with van der Waals surface area (Å²) >= 11 is 3.33. The first-order valence-corrected chi connectivity index (χ1v) is 6.97. The zero-order valence-electron chi connectivity index (χ0n) is 10.2. The third-order valence-corrected chi connectivity index (χ3v) is 3.67. The molecule has 0 aromatic heterocycles. The Bertz CT molecular complexity index is 453. The van der Waals surface area contributed by atoms with Gasteiger partial charge in [-0.05, 0) is 19.1 Å². The van der Waals surface area contributed by atoms with Gasteiger partial charge >= 0.3 is 0 Å². The third kappa shape index (κ3) is 2.90. The van der Waals surface area contributed by atoms with Gasteiger partial charge in [0.1, 0.15) is 5.82 Å². The Morgan fingerprint density at radius 1 is 1.61 bits per heavy atom. The number of ether oxygens (including phenoxy) is 1. The van der Waals surface area contributed by atoms with E-state index in [2.05, 4.69) is 15.9 Å². The molecule has 0 aliphatic carbocycles. The Balaban J connectivity index is 2.17. The number of rotatable bonds is 2. The number of hydrogen-bond donors (Lipinski definition) is 0. The summed E-state index contributed by atoms with van der Waals surface area (Å²) in [6.45, 7) is 3.35. The summed E-state index contributed by atoms with van der Waals surface area (Å²) in [7, 11) is 0. The number of alkyl halides is 1. The average molecular weight is 316 g/mol. The van der Waals surface area contributed by atoms with Crippen molar-refractivity contribution in [3.8, 4) is 0 Å². The molecule has 1 heterocycles. The van der Waals surface area contributed by atoms with Gasteiger partial charge in [0, 0.05) is 18.4 Å². The van der Waals surface area contributed by atoms with E-state index in [9.17, 15) is 9.18 Å². The predicted octanol–water partition coefficient (Wildman–Crippen LogP) is 2.37. The molecule has 0 N–H and O–H groups in total. The van der Waals surface area contributed by atoms with E-state index < -0.39 is 5.82 Å². The molecule has 1 aromatic rings. The molecule has 1 atom stereocenters. The van der Waals surface area contributed by atoms with Gasteiger partial charge < -0.3 is 9.64 Å². The van der Waals surface area contributed by atoms with Crippen LogP contribution in [0.5, 0.6) is 0 Å². The third-order valence-electron chi connectivity index (χ3n) is 2.95. The van der Waals surface area contributed by atoms with E-state index in [-0.39, 0.29) is 17.6 Å². The minimum absolute atomic E-state index is 0.0180. The second-order valence-electron chi connectivity index (χ2n) is 4.38. The van der Waals surface area contributed by atoms with Crippen molar-refractivity contribution < 1.29 is 13.9 Å². The van der Waals surface area contributed by atoms with Crippen LogP contribution in [0.1, 0.15) is 15.9 Å². The number of morpholine rings is 1. The Morgan fingerprint density at radius 3 is 3.11 bits per heavy atom. The van der Waals surface area contributed by atoms with Crippen molar-refractivity contribution in [2.45, 2.75) is 13.0 Å². The van der Waals surface area contributed by atoms with Gasteiger partial charge in [-0.15, -0.1) is 0 Å². The topological polar surface area (TPSA) is 29.5 Å². The molecule has 2 rings (SSSR count). The molecule has 1 saturated heterocycles. The largest absolute Gasteiger partial charge is 0.374 e. The van der Waals surface area contributed by atoms with Crippen LogP contribution in [0.4, 0.5) is 4.39 Å². The summed E-state index contributed by atoms with van der Waals surface area (Å²) in [5.41, 5.74) is 1.02. The molecule has 1 unspecified atom stereocenters. The van der Waals surface area contributed by atoms with Crippen molar-refractivity contribution in [1.82, 2.24) is 4.90 Å². The lowest BCUT2D eigenvalue weighted by atomic mass is 10.1. The van der Waals surface area contributed by atoms with Gasteiger partial charge in [0.15, 0.2) is 0 Å². The van der Waals surface area contributed by atoms with Crippen molar-refractivity contribution in [2.75, 3.05) is 25.0 Å². The highest BCUT2D eigenvalue weighted by atomic mass is 79.9. The van der Waals surface area contributed by atoms with Crippen LogP contribution in [-0.2, 0) is 4.74 Å². The maximum atomic E-state index is 13.7. The molecule has 0 bridgehead atoms. The zero-order chi connectivity index (χ0) is 13.1. The number of halogens is 2. The average Bonchev–Trinajstić information content (AvgIpc) is 2.41. The lowest BCUT2D eigenvalue weighted by molar-refractivity contribution is -0.00982. The molecule has 98 valence electrons. The maximum absolute atomic E-state index is 13.7. The van der Waals surface area contributed by atoms with Gasteiger partial charge in [-0.25, -0.2) is 4.39 Å². The van der Waals surface area contributed by atoms with Crippen molar-refractivity contribution in [3.05, 3.63) is 35.1 Å². The number of carbonyl (C=O) groups is 1. The van der Waals surface area contributed by atoms with E-state index in [4.69, 9.17) is 4.74 Å². The number of aryl methyl sites for hydroxylation is 1. The summed E-state index contributed by atoms with van der Waals surface area (Å²) < 4.78 is 19.1. The number of hydrogen-bond acceptors (Lipinski definition) is 2. The fraction of sp³-hybridized carbons (Fsp3) is 0.462.